The molecule has 0 amide bonds. The van der Waals surface area contributed by atoms with Gasteiger partial charge in [-0.25, -0.2) is 4.98 Å². The summed E-state index contributed by atoms with van der Waals surface area (Å²) in [6.07, 6.45) is 3.22. The molecule has 0 radical (unpaired) electrons. The molecule has 4 aromatic rings. The van der Waals surface area contributed by atoms with Crippen LogP contribution in [0.3, 0.4) is 0 Å². The molecule has 0 saturated carbocycles. The third-order valence-electron chi connectivity index (χ3n) is 3.70. The van der Waals surface area contributed by atoms with Gasteiger partial charge < -0.3 is 10.1 Å². The van der Waals surface area contributed by atoms with Crippen molar-refractivity contribution in [1.82, 2.24) is 15.0 Å². The Hall–Kier alpha value is -3.48. The Kier molecular flexibility index (Phi) is 2.74. The fraction of sp³-hybridized carbons (Fsp3) is 0. The molecule has 0 saturated heterocycles. The van der Waals surface area contributed by atoms with Crippen LogP contribution in [0.2, 0.25) is 0 Å². The minimum Gasteiger partial charge on any atom is -0.508 e. The van der Waals surface area contributed by atoms with Crippen LogP contribution < -0.4 is 0 Å². The van der Waals surface area contributed by atoms with Crippen molar-refractivity contribution in [3.8, 4) is 17.1 Å². The van der Waals surface area contributed by atoms with E-state index in [4.69, 9.17) is 0 Å². The minimum absolute atomic E-state index is 0.0467. The van der Waals surface area contributed by atoms with E-state index in [0.29, 0.717) is 27.7 Å². The second kappa shape index (κ2) is 4.77. The number of aromatic amines is 1. The number of nitrogens with zero attached hydrogens (tertiary/aromatic N) is 3. The van der Waals surface area contributed by atoms with Crippen LogP contribution in [0.5, 0.6) is 5.75 Å². The molecule has 7 nitrogen and oxygen atoms in total. The molecule has 2 N–H and O–H groups in total. The van der Waals surface area contributed by atoms with Crippen LogP contribution in [0.4, 0.5) is 5.69 Å². The van der Waals surface area contributed by atoms with Crippen molar-refractivity contribution in [2.75, 3.05) is 0 Å². The molecule has 2 aromatic carbocycles. The van der Waals surface area contributed by atoms with E-state index in [1.165, 1.54) is 18.2 Å². The smallest absolute Gasteiger partial charge is 0.288 e. The summed E-state index contributed by atoms with van der Waals surface area (Å²) >= 11 is 0. The van der Waals surface area contributed by atoms with Gasteiger partial charge in [0.05, 0.1) is 27.6 Å². The van der Waals surface area contributed by atoms with Crippen molar-refractivity contribution >= 4 is 27.5 Å². The standard InChI is InChI=1S/C16H10N4O3/c21-10-2-4-11-9(7-10)1-3-12(15(11)20(22)23)16-18-13-5-6-17-8-14(13)19-16/h1-8,21H,(H,18,19). The number of hydrogen-bond acceptors (Lipinski definition) is 5. The van der Waals surface area contributed by atoms with Crippen molar-refractivity contribution < 1.29 is 10.0 Å². The summed E-state index contributed by atoms with van der Waals surface area (Å²) in [5.74, 6) is 0.476. The summed E-state index contributed by atoms with van der Waals surface area (Å²) in [4.78, 5) is 22.6. The highest BCUT2D eigenvalue weighted by molar-refractivity contribution is 5.98. The van der Waals surface area contributed by atoms with Gasteiger partial charge in [-0.05, 0) is 35.7 Å². The maximum absolute atomic E-state index is 11.6. The summed E-state index contributed by atoms with van der Waals surface area (Å²) in [5, 5.41) is 22.2. The molecule has 0 aliphatic carbocycles. The van der Waals surface area contributed by atoms with Gasteiger partial charge in [0.1, 0.15) is 17.1 Å². The second-order valence-electron chi connectivity index (χ2n) is 5.10. The predicted molar refractivity (Wildman–Crippen MR) is 85.1 cm³/mol. The summed E-state index contributed by atoms with van der Waals surface area (Å²) in [7, 11) is 0. The van der Waals surface area contributed by atoms with Crippen LogP contribution in [0.1, 0.15) is 0 Å². The van der Waals surface area contributed by atoms with Gasteiger partial charge in [-0.3, -0.25) is 15.1 Å². The number of pyridine rings is 1. The Balaban J connectivity index is 2.04. The fourth-order valence-corrected chi connectivity index (χ4v) is 2.67. The van der Waals surface area contributed by atoms with Crippen LogP contribution in [0, 0.1) is 10.1 Å². The van der Waals surface area contributed by atoms with Crippen LogP contribution in [0.25, 0.3) is 33.2 Å². The number of benzene rings is 2. The lowest BCUT2D eigenvalue weighted by atomic mass is 10.0. The first kappa shape index (κ1) is 13.2. The van der Waals surface area contributed by atoms with Gasteiger partial charge in [-0.2, -0.15) is 0 Å². The van der Waals surface area contributed by atoms with Gasteiger partial charge in [0.15, 0.2) is 0 Å². The zero-order valence-electron chi connectivity index (χ0n) is 11.7. The monoisotopic (exact) mass is 306 g/mol. The van der Waals surface area contributed by atoms with Gasteiger partial charge in [-0.15, -0.1) is 0 Å². The minimum atomic E-state index is -0.430. The van der Waals surface area contributed by atoms with Crippen molar-refractivity contribution in [3.05, 3.63) is 58.9 Å². The normalized spacial score (nSPS) is 11.1. The number of nitro groups is 1. The molecule has 0 unspecified atom stereocenters. The first-order chi connectivity index (χ1) is 11.1. The molecule has 4 rings (SSSR count). The van der Waals surface area contributed by atoms with Crippen molar-refractivity contribution in [2.45, 2.75) is 0 Å². The van der Waals surface area contributed by atoms with Crippen LogP contribution in [0.15, 0.2) is 48.8 Å². The van der Waals surface area contributed by atoms with Crippen molar-refractivity contribution in [1.29, 1.82) is 0 Å². The number of phenols is 1. The number of rotatable bonds is 2. The molecule has 7 heteroatoms. The molecular formula is C16H10N4O3. The molecule has 0 bridgehead atoms. The number of aromatic nitrogens is 3. The SMILES string of the molecule is O=[N+]([O-])c1c(-c2nc3cnccc3[nH]2)ccc2cc(O)ccc12. The van der Waals surface area contributed by atoms with E-state index in [1.807, 2.05) is 0 Å². The van der Waals surface area contributed by atoms with E-state index >= 15 is 0 Å². The Bertz CT molecular complexity index is 1040. The molecule has 0 aliphatic rings. The zero-order chi connectivity index (χ0) is 16.0. The average Bonchev–Trinajstić information content (AvgIpc) is 2.97. The van der Waals surface area contributed by atoms with E-state index in [9.17, 15) is 15.2 Å². The number of hydrogen-bond donors (Lipinski definition) is 2. The van der Waals surface area contributed by atoms with Gasteiger partial charge in [0.2, 0.25) is 0 Å². The molecule has 0 fully saturated rings. The van der Waals surface area contributed by atoms with E-state index in [1.54, 1.807) is 30.6 Å². The molecule has 2 aromatic heterocycles. The highest BCUT2D eigenvalue weighted by atomic mass is 16.6. The number of imidazole rings is 1. The van der Waals surface area contributed by atoms with Gasteiger partial charge in [0, 0.05) is 6.20 Å². The van der Waals surface area contributed by atoms with Crippen molar-refractivity contribution in [3.63, 3.8) is 0 Å². The lowest BCUT2D eigenvalue weighted by Gasteiger charge is -2.05. The topological polar surface area (TPSA) is 105 Å². The maximum Gasteiger partial charge on any atom is 0.288 e. The highest BCUT2D eigenvalue weighted by Crippen LogP contribution is 2.36. The number of aromatic hydroxyl groups is 1. The van der Waals surface area contributed by atoms with Gasteiger partial charge in [0.25, 0.3) is 5.69 Å². The molecule has 2 heterocycles. The Morgan fingerprint density at radius 1 is 1.17 bits per heavy atom. The molecule has 0 spiro atoms. The quantitative estimate of drug-likeness (QED) is 0.436. The summed E-state index contributed by atoms with van der Waals surface area (Å²) in [6, 6.07) is 9.58. The number of nitro benzene ring substituents is 1. The number of nitrogens with one attached hydrogen (secondary N) is 1. The lowest BCUT2D eigenvalue weighted by molar-refractivity contribution is -0.382. The van der Waals surface area contributed by atoms with E-state index in [-0.39, 0.29) is 11.4 Å². The number of H-pyrrole nitrogens is 1. The Labute approximate surface area is 129 Å². The van der Waals surface area contributed by atoms with Gasteiger partial charge in [-0.1, -0.05) is 6.07 Å². The van der Waals surface area contributed by atoms with Crippen LogP contribution in [-0.2, 0) is 0 Å². The first-order valence-corrected chi connectivity index (χ1v) is 6.84. The van der Waals surface area contributed by atoms with E-state index in [0.717, 1.165) is 5.52 Å². The summed E-state index contributed by atoms with van der Waals surface area (Å²) in [5.41, 5.74) is 1.75. The lowest BCUT2D eigenvalue weighted by Crippen LogP contribution is -1.94. The van der Waals surface area contributed by atoms with Crippen LogP contribution >= 0.6 is 0 Å². The van der Waals surface area contributed by atoms with Crippen LogP contribution in [-0.4, -0.2) is 25.0 Å². The molecule has 23 heavy (non-hydrogen) atoms. The van der Waals surface area contributed by atoms with E-state index in [2.05, 4.69) is 15.0 Å². The second-order valence-corrected chi connectivity index (χ2v) is 5.10. The number of phenolic OH excluding ortho intramolecular Hbond substituents is 1. The molecular weight excluding hydrogens is 296 g/mol. The maximum atomic E-state index is 11.6. The molecule has 112 valence electrons. The van der Waals surface area contributed by atoms with Crippen molar-refractivity contribution in [2.24, 2.45) is 0 Å². The van der Waals surface area contributed by atoms with Gasteiger partial charge >= 0.3 is 0 Å². The number of fused-ring (bicyclic) bond motifs is 2. The molecule has 0 aliphatic heterocycles. The Morgan fingerprint density at radius 2 is 2.04 bits per heavy atom. The predicted octanol–water partition coefficient (Wildman–Crippen LogP) is 3.39. The molecule has 0 atom stereocenters. The average molecular weight is 306 g/mol. The first-order valence-electron chi connectivity index (χ1n) is 6.84. The Morgan fingerprint density at radius 3 is 2.83 bits per heavy atom. The third kappa shape index (κ3) is 2.06. The summed E-state index contributed by atoms with van der Waals surface area (Å²) in [6.45, 7) is 0. The zero-order valence-corrected chi connectivity index (χ0v) is 11.7. The van der Waals surface area contributed by atoms with E-state index < -0.39 is 4.92 Å². The summed E-state index contributed by atoms with van der Waals surface area (Å²) < 4.78 is 0. The highest BCUT2D eigenvalue weighted by Gasteiger charge is 2.22. The fourth-order valence-electron chi connectivity index (χ4n) is 2.67. The third-order valence-corrected chi connectivity index (χ3v) is 3.70. The largest absolute Gasteiger partial charge is 0.508 e.